The van der Waals surface area contributed by atoms with Crippen molar-refractivity contribution in [1.82, 2.24) is 24.8 Å². The summed E-state index contributed by atoms with van der Waals surface area (Å²) in [6.45, 7) is 0. The Hall–Kier alpha value is -3.66. The minimum absolute atomic E-state index is 0.171. The van der Waals surface area contributed by atoms with E-state index in [0.29, 0.717) is 17.9 Å². The van der Waals surface area contributed by atoms with Crippen LogP contribution in [0, 0.1) is 10.1 Å². The fourth-order valence-corrected chi connectivity index (χ4v) is 3.79. The molecule has 158 valence electrons. The highest BCUT2D eigenvalue weighted by Gasteiger charge is 2.22. The number of carbonyl (C=O) groups excluding carboxylic acids is 1. The summed E-state index contributed by atoms with van der Waals surface area (Å²) >= 11 is 1.67. The van der Waals surface area contributed by atoms with Crippen LogP contribution in [0.5, 0.6) is 0 Å². The number of hydrogen-bond acceptors (Lipinski definition) is 6. The highest BCUT2D eigenvalue weighted by Crippen LogP contribution is 2.25. The van der Waals surface area contributed by atoms with Gasteiger partial charge in [0, 0.05) is 24.0 Å². The molecule has 0 radical (unpaired) electrons. The van der Waals surface area contributed by atoms with Gasteiger partial charge in [-0.1, -0.05) is 12.1 Å². The van der Waals surface area contributed by atoms with Gasteiger partial charge in [0.05, 0.1) is 28.3 Å². The van der Waals surface area contributed by atoms with Crippen molar-refractivity contribution in [3.63, 3.8) is 0 Å². The number of nitro benzene ring substituents is 1. The topological polar surface area (TPSA) is 119 Å². The summed E-state index contributed by atoms with van der Waals surface area (Å²) in [6.07, 6.45) is 7.29. The maximum atomic E-state index is 13.0. The van der Waals surface area contributed by atoms with Crippen molar-refractivity contribution in [3.8, 4) is 5.69 Å². The second-order valence-electron chi connectivity index (χ2n) is 6.88. The minimum atomic E-state index is -0.503. The van der Waals surface area contributed by atoms with Crippen molar-refractivity contribution >= 4 is 34.4 Å². The van der Waals surface area contributed by atoms with Gasteiger partial charge in [-0.3, -0.25) is 14.9 Å². The van der Waals surface area contributed by atoms with Crippen LogP contribution in [0.4, 0.5) is 5.69 Å². The Morgan fingerprint density at radius 2 is 2.16 bits per heavy atom. The number of carbonyl (C=O) groups is 1. The molecule has 9 nitrogen and oxygen atoms in total. The number of nitrogens with one attached hydrogen (secondary N) is 2. The molecule has 4 rings (SSSR count). The Labute approximate surface area is 182 Å². The average molecular weight is 436 g/mol. The number of amides is 1. The summed E-state index contributed by atoms with van der Waals surface area (Å²) in [5, 5.41) is 14.6. The quantitative estimate of drug-likeness (QED) is 0.320. The van der Waals surface area contributed by atoms with Crippen LogP contribution in [0.3, 0.4) is 0 Å². The molecule has 4 aromatic rings. The van der Waals surface area contributed by atoms with Gasteiger partial charge in [-0.05, 0) is 42.7 Å². The van der Waals surface area contributed by atoms with Crippen LogP contribution in [-0.4, -0.2) is 42.4 Å². The van der Waals surface area contributed by atoms with Crippen molar-refractivity contribution in [2.45, 2.75) is 12.5 Å². The van der Waals surface area contributed by atoms with Crippen LogP contribution in [0.25, 0.3) is 16.7 Å². The Kier molecular flexibility index (Phi) is 5.99. The lowest BCUT2D eigenvalue weighted by Crippen LogP contribution is -2.30. The summed E-state index contributed by atoms with van der Waals surface area (Å²) in [4.78, 5) is 35.9. The zero-order valence-corrected chi connectivity index (χ0v) is 17.5. The number of hydrogen-bond donors (Lipinski definition) is 2. The lowest BCUT2D eigenvalue weighted by Gasteiger charge is -2.16. The molecule has 31 heavy (non-hydrogen) atoms. The number of fused-ring (bicyclic) bond motifs is 1. The summed E-state index contributed by atoms with van der Waals surface area (Å²) in [5.74, 6) is 1.09. The second-order valence-corrected chi connectivity index (χ2v) is 7.86. The molecule has 1 atom stereocenters. The molecule has 0 aliphatic carbocycles. The van der Waals surface area contributed by atoms with Crippen molar-refractivity contribution in [3.05, 3.63) is 82.7 Å². The highest BCUT2D eigenvalue weighted by molar-refractivity contribution is 7.98. The third-order valence-electron chi connectivity index (χ3n) is 4.87. The van der Waals surface area contributed by atoms with E-state index >= 15 is 0 Å². The van der Waals surface area contributed by atoms with Gasteiger partial charge in [0.1, 0.15) is 11.5 Å². The second kappa shape index (κ2) is 9.00. The Balaban J connectivity index is 1.62. The molecule has 0 bridgehead atoms. The lowest BCUT2D eigenvalue weighted by molar-refractivity contribution is -0.384. The first-order valence-corrected chi connectivity index (χ1v) is 11.0. The smallest absolute Gasteiger partial charge is 0.294 e. The normalized spacial score (nSPS) is 12.0. The van der Waals surface area contributed by atoms with Crippen molar-refractivity contribution in [2.24, 2.45) is 0 Å². The molecule has 2 aromatic carbocycles. The molecule has 2 N–H and O–H groups in total. The molecule has 0 spiro atoms. The number of aromatic amines is 1. The van der Waals surface area contributed by atoms with Gasteiger partial charge in [0.2, 0.25) is 0 Å². The number of para-hydroxylation sites is 2. The van der Waals surface area contributed by atoms with E-state index < -0.39 is 10.8 Å². The zero-order chi connectivity index (χ0) is 21.8. The number of benzene rings is 2. The van der Waals surface area contributed by atoms with Crippen LogP contribution >= 0.6 is 11.8 Å². The van der Waals surface area contributed by atoms with Gasteiger partial charge in [-0.2, -0.15) is 11.8 Å². The van der Waals surface area contributed by atoms with E-state index in [9.17, 15) is 14.9 Å². The first-order chi connectivity index (χ1) is 15.1. The largest absolute Gasteiger partial charge is 0.342 e. The molecule has 1 unspecified atom stereocenters. The molecular weight excluding hydrogens is 416 g/mol. The highest BCUT2D eigenvalue weighted by atomic mass is 32.2. The van der Waals surface area contributed by atoms with Gasteiger partial charge < -0.3 is 14.9 Å². The van der Waals surface area contributed by atoms with E-state index in [-0.39, 0.29) is 17.3 Å². The van der Waals surface area contributed by atoms with Crippen LogP contribution in [0.15, 0.2) is 61.2 Å². The first kappa shape index (κ1) is 20.6. The Bertz CT molecular complexity index is 1190. The van der Waals surface area contributed by atoms with Gasteiger partial charge in [0.25, 0.3) is 11.6 Å². The van der Waals surface area contributed by atoms with E-state index in [1.54, 1.807) is 30.1 Å². The maximum absolute atomic E-state index is 13.0. The van der Waals surface area contributed by atoms with Crippen molar-refractivity contribution in [2.75, 3.05) is 12.0 Å². The standard InChI is InChI=1S/C21H20N6O3S/c1-31-11-8-17(20-23-15-4-2-3-5-16(15)24-20)25-21(28)14-6-7-18(19(12-14)27(29)30)26-10-9-22-13-26/h2-7,9-10,12-13,17H,8,11H2,1H3,(H,23,24)(H,25,28). The predicted octanol–water partition coefficient (Wildman–Crippen LogP) is 3.88. The van der Waals surface area contributed by atoms with E-state index in [2.05, 4.69) is 20.3 Å². The van der Waals surface area contributed by atoms with Crippen molar-refractivity contribution in [1.29, 1.82) is 0 Å². The lowest BCUT2D eigenvalue weighted by atomic mass is 10.1. The van der Waals surface area contributed by atoms with Gasteiger partial charge in [-0.25, -0.2) is 9.97 Å². The molecule has 0 saturated carbocycles. The monoisotopic (exact) mass is 436 g/mol. The van der Waals surface area contributed by atoms with Crippen LogP contribution in [0.1, 0.15) is 28.6 Å². The molecular formula is C21H20N6O3S. The van der Waals surface area contributed by atoms with Gasteiger partial charge >= 0.3 is 0 Å². The SMILES string of the molecule is CSCCC(NC(=O)c1ccc(-n2ccnc2)c([N+](=O)[O-])c1)c1nc2ccccc2[nH]1. The van der Waals surface area contributed by atoms with Crippen LogP contribution in [0.2, 0.25) is 0 Å². The summed E-state index contributed by atoms with van der Waals surface area (Å²) < 4.78 is 1.54. The van der Waals surface area contributed by atoms with E-state index in [4.69, 9.17) is 0 Å². The predicted molar refractivity (Wildman–Crippen MR) is 120 cm³/mol. The fourth-order valence-electron chi connectivity index (χ4n) is 3.32. The Morgan fingerprint density at radius 3 is 2.87 bits per heavy atom. The molecule has 0 saturated heterocycles. The molecule has 1 amide bonds. The molecule has 2 heterocycles. The van der Waals surface area contributed by atoms with Crippen LogP contribution < -0.4 is 5.32 Å². The number of aromatic nitrogens is 4. The molecule has 0 aliphatic heterocycles. The maximum Gasteiger partial charge on any atom is 0.294 e. The van der Waals surface area contributed by atoms with Gasteiger partial charge in [-0.15, -0.1) is 0 Å². The first-order valence-electron chi connectivity index (χ1n) is 9.58. The molecule has 2 aromatic heterocycles. The summed E-state index contributed by atoms with van der Waals surface area (Å²) in [5.41, 5.74) is 2.09. The third-order valence-corrected chi connectivity index (χ3v) is 5.51. The third kappa shape index (κ3) is 4.43. The average Bonchev–Trinajstić information content (AvgIpc) is 3.46. The number of imidazole rings is 2. The van der Waals surface area contributed by atoms with Crippen molar-refractivity contribution < 1.29 is 9.72 Å². The molecule has 0 aliphatic rings. The fraction of sp³-hybridized carbons (Fsp3) is 0.190. The molecule has 0 fully saturated rings. The molecule has 10 heteroatoms. The van der Waals surface area contributed by atoms with E-state index in [0.717, 1.165) is 16.8 Å². The van der Waals surface area contributed by atoms with E-state index in [1.165, 1.54) is 23.2 Å². The number of nitro groups is 1. The van der Waals surface area contributed by atoms with E-state index in [1.807, 2.05) is 30.5 Å². The minimum Gasteiger partial charge on any atom is -0.342 e. The number of H-pyrrole nitrogens is 1. The summed E-state index contributed by atoms with van der Waals surface area (Å²) in [6, 6.07) is 11.7. The zero-order valence-electron chi connectivity index (χ0n) is 16.7. The Morgan fingerprint density at radius 1 is 1.32 bits per heavy atom. The summed E-state index contributed by atoms with van der Waals surface area (Å²) in [7, 11) is 0. The van der Waals surface area contributed by atoms with Crippen LogP contribution in [-0.2, 0) is 0 Å². The van der Waals surface area contributed by atoms with Gasteiger partial charge in [0.15, 0.2) is 0 Å². The number of thioether (sulfide) groups is 1. The number of nitrogens with zero attached hydrogens (tertiary/aromatic N) is 4. The number of rotatable bonds is 8.